The first-order chi connectivity index (χ1) is 8.97. The molecule has 1 atom stereocenters. The third-order valence-corrected chi connectivity index (χ3v) is 3.26. The minimum absolute atomic E-state index is 0.0860. The molecule has 0 fully saturated rings. The molecule has 19 heavy (non-hydrogen) atoms. The van der Waals surface area contributed by atoms with Crippen LogP contribution in [0.15, 0.2) is 18.2 Å². The Morgan fingerprint density at radius 2 is 2.00 bits per heavy atom. The van der Waals surface area contributed by atoms with Gasteiger partial charge in [0.1, 0.15) is 5.75 Å². The average molecular weight is 264 g/mol. The molecule has 0 bridgehead atoms. The van der Waals surface area contributed by atoms with E-state index in [9.17, 15) is 9.90 Å². The summed E-state index contributed by atoms with van der Waals surface area (Å²) in [5.74, 6) is 0.0994. The highest BCUT2D eigenvalue weighted by Gasteiger charge is 2.13. The summed E-state index contributed by atoms with van der Waals surface area (Å²) in [4.78, 5) is 14.4. The first-order valence-electron chi connectivity index (χ1n) is 6.80. The molecular formula is C15H24N2O2. The van der Waals surface area contributed by atoms with Crippen LogP contribution >= 0.6 is 0 Å². The number of likely N-dealkylation sites (N-methyl/N-ethyl adjacent to an activating group) is 1. The molecule has 0 spiro atoms. The van der Waals surface area contributed by atoms with Crippen LogP contribution in [0.1, 0.15) is 36.7 Å². The smallest absolute Gasteiger partial charge is 0.251 e. The van der Waals surface area contributed by atoms with Crippen LogP contribution < -0.4 is 5.32 Å². The van der Waals surface area contributed by atoms with Crippen LogP contribution in [0.2, 0.25) is 0 Å². The number of hydrogen-bond acceptors (Lipinski definition) is 3. The van der Waals surface area contributed by atoms with Gasteiger partial charge in [-0.1, -0.05) is 13.8 Å². The SMILES string of the molecule is CCN(CC)CC(C)NC(=O)c1ccc(O)cc1C. The number of carbonyl (C=O) groups excluding carboxylic acids is 1. The Labute approximate surface area is 115 Å². The largest absolute Gasteiger partial charge is 0.508 e. The number of nitrogens with one attached hydrogen (secondary N) is 1. The van der Waals surface area contributed by atoms with E-state index in [1.807, 2.05) is 13.8 Å². The fraction of sp³-hybridized carbons (Fsp3) is 0.533. The molecule has 1 amide bonds. The predicted octanol–water partition coefficient (Wildman–Crippen LogP) is 2.16. The van der Waals surface area contributed by atoms with Crippen LogP contribution in [0, 0.1) is 6.92 Å². The summed E-state index contributed by atoms with van der Waals surface area (Å²) in [6, 6.07) is 4.89. The summed E-state index contributed by atoms with van der Waals surface area (Å²) in [7, 11) is 0. The molecule has 0 heterocycles. The number of nitrogens with zero attached hydrogens (tertiary/aromatic N) is 1. The number of carbonyl (C=O) groups is 1. The zero-order chi connectivity index (χ0) is 14.4. The van der Waals surface area contributed by atoms with Crippen molar-refractivity contribution in [3.63, 3.8) is 0 Å². The average Bonchev–Trinajstić information content (AvgIpc) is 2.35. The molecular weight excluding hydrogens is 240 g/mol. The van der Waals surface area contributed by atoms with Gasteiger partial charge >= 0.3 is 0 Å². The quantitative estimate of drug-likeness (QED) is 0.828. The third-order valence-electron chi connectivity index (χ3n) is 3.26. The van der Waals surface area contributed by atoms with E-state index < -0.39 is 0 Å². The van der Waals surface area contributed by atoms with Crippen molar-refractivity contribution in [2.75, 3.05) is 19.6 Å². The number of phenols is 1. The second-order valence-electron chi connectivity index (χ2n) is 4.86. The highest BCUT2D eigenvalue weighted by molar-refractivity contribution is 5.95. The van der Waals surface area contributed by atoms with Gasteiger partial charge < -0.3 is 15.3 Å². The Hall–Kier alpha value is -1.55. The van der Waals surface area contributed by atoms with Crippen molar-refractivity contribution < 1.29 is 9.90 Å². The molecule has 0 saturated heterocycles. The summed E-state index contributed by atoms with van der Waals surface area (Å²) >= 11 is 0. The van der Waals surface area contributed by atoms with Crippen molar-refractivity contribution in [1.29, 1.82) is 0 Å². The zero-order valence-corrected chi connectivity index (χ0v) is 12.2. The molecule has 0 aliphatic carbocycles. The summed E-state index contributed by atoms with van der Waals surface area (Å²) in [5.41, 5.74) is 1.40. The molecule has 1 aromatic rings. The first kappa shape index (κ1) is 15.5. The number of phenolic OH excluding ortho intramolecular Hbond substituents is 1. The van der Waals surface area contributed by atoms with Crippen LogP contribution in [0.3, 0.4) is 0 Å². The fourth-order valence-electron chi connectivity index (χ4n) is 2.12. The van der Waals surface area contributed by atoms with E-state index in [2.05, 4.69) is 24.1 Å². The van der Waals surface area contributed by atoms with Crippen molar-refractivity contribution >= 4 is 5.91 Å². The zero-order valence-electron chi connectivity index (χ0n) is 12.2. The van der Waals surface area contributed by atoms with Gasteiger partial charge in [-0.05, 0) is 50.7 Å². The van der Waals surface area contributed by atoms with Gasteiger partial charge in [0.15, 0.2) is 0 Å². The molecule has 106 valence electrons. The van der Waals surface area contributed by atoms with Crippen LogP contribution in [-0.2, 0) is 0 Å². The Balaban J connectivity index is 2.63. The van der Waals surface area contributed by atoms with Crippen LogP contribution in [-0.4, -0.2) is 41.6 Å². The molecule has 0 radical (unpaired) electrons. The minimum Gasteiger partial charge on any atom is -0.508 e. The highest BCUT2D eigenvalue weighted by atomic mass is 16.3. The second kappa shape index (κ2) is 7.14. The van der Waals surface area contributed by atoms with Gasteiger partial charge in [0.05, 0.1) is 0 Å². The van der Waals surface area contributed by atoms with Crippen molar-refractivity contribution in [2.24, 2.45) is 0 Å². The van der Waals surface area contributed by atoms with E-state index in [0.29, 0.717) is 5.56 Å². The molecule has 0 saturated carbocycles. The lowest BCUT2D eigenvalue weighted by Gasteiger charge is -2.23. The number of hydrogen-bond donors (Lipinski definition) is 2. The number of rotatable bonds is 6. The molecule has 1 rings (SSSR count). The Morgan fingerprint density at radius 1 is 1.37 bits per heavy atom. The molecule has 4 nitrogen and oxygen atoms in total. The minimum atomic E-state index is -0.0860. The molecule has 4 heteroatoms. The standard InChI is InChI=1S/C15H24N2O2/c1-5-17(6-2)10-12(4)16-15(19)14-8-7-13(18)9-11(14)3/h7-9,12,18H,5-6,10H2,1-4H3,(H,16,19). The van der Waals surface area contributed by atoms with Gasteiger partial charge in [0.25, 0.3) is 5.91 Å². The predicted molar refractivity (Wildman–Crippen MR) is 77.6 cm³/mol. The van der Waals surface area contributed by atoms with E-state index in [-0.39, 0.29) is 17.7 Å². The molecule has 0 aromatic heterocycles. The Bertz CT molecular complexity index is 428. The maximum absolute atomic E-state index is 12.1. The first-order valence-corrected chi connectivity index (χ1v) is 6.80. The Morgan fingerprint density at radius 3 is 2.53 bits per heavy atom. The normalized spacial score (nSPS) is 12.5. The van der Waals surface area contributed by atoms with E-state index in [1.54, 1.807) is 12.1 Å². The third kappa shape index (κ3) is 4.56. The van der Waals surface area contributed by atoms with Crippen molar-refractivity contribution in [3.8, 4) is 5.75 Å². The molecule has 1 aromatic carbocycles. The maximum Gasteiger partial charge on any atom is 0.251 e. The number of benzene rings is 1. The fourth-order valence-corrected chi connectivity index (χ4v) is 2.12. The summed E-state index contributed by atoms with van der Waals surface area (Å²) in [6.45, 7) is 10.9. The van der Waals surface area contributed by atoms with Crippen molar-refractivity contribution in [1.82, 2.24) is 10.2 Å². The highest BCUT2D eigenvalue weighted by Crippen LogP contribution is 2.15. The molecule has 1 unspecified atom stereocenters. The lowest BCUT2D eigenvalue weighted by Crippen LogP contribution is -2.42. The lowest BCUT2D eigenvalue weighted by molar-refractivity contribution is 0.0929. The topological polar surface area (TPSA) is 52.6 Å². The summed E-state index contributed by atoms with van der Waals surface area (Å²) in [5, 5.41) is 12.3. The van der Waals surface area contributed by atoms with E-state index >= 15 is 0 Å². The van der Waals surface area contributed by atoms with Gasteiger partial charge in [-0.2, -0.15) is 0 Å². The number of aromatic hydroxyl groups is 1. The second-order valence-corrected chi connectivity index (χ2v) is 4.86. The van der Waals surface area contributed by atoms with Crippen LogP contribution in [0.25, 0.3) is 0 Å². The molecule has 0 aliphatic rings. The van der Waals surface area contributed by atoms with Gasteiger partial charge in [0, 0.05) is 18.2 Å². The van der Waals surface area contributed by atoms with Crippen LogP contribution in [0.5, 0.6) is 5.75 Å². The summed E-state index contributed by atoms with van der Waals surface area (Å²) < 4.78 is 0. The van der Waals surface area contributed by atoms with E-state index in [4.69, 9.17) is 0 Å². The molecule has 0 aliphatic heterocycles. The Kier molecular flexibility index (Phi) is 5.83. The van der Waals surface area contributed by atoms with Gasteiger partial charge in [-0.3, -0.25) is 4.79 Å². The van der Waals surface area contributed by atoms with Crippen LogP contribution in [0.4, 0.5) is 0 Å². The van der Waals surface area contributed by atoms with Crippen molar-refractivity contribution in [3.05, 3.63) is 29.3 Å². The van der Waals surface area contributed by atoms with Crippen molar-refractivity contribution in [2.45, 2.75) is 33.7 Å². The number of aryl methyl sites for hydroxylation is 1. The summed E-state index contributed by atoms with van der Waals surface area (Å²) in [6.07, 6.45) is 0. The lowest BCUT2D eigenvalue weighted by atomic mass is 10.1. The van der Waals surface area contributed by atoms with Gasteiger partial charge in [0.2, 0.25) is 0 Å². The van der Waals surface area contributed by atoms with E-state index in [0.717, 1.165) is 25.2 Å². The monoisotopic (exact) mass is 264 g/mol. The van der Waals surface area contributed by atoms with E-state index in [1.165, 1.54) is 6.07 Å². The van der Waals surface area contributed by atoms with Gasteiger partial charge in [-0.25, -0.2) is 0 Å². The maximum atomic E-state index is 12.1. The van der Waals surface area contributed by atoms with Gasteiger partial charge in [-0.15, -0.1) is 0 Å². The molecule has 2 N–H and O–H groups in total. The number of amides is 1.